The SMILES string of the molecule is CCOc1ccc(-c2noc(-c3oc4ccc(S(=O)(=O)N5CC(C)CC(C)C5)cc4c3C)n2)cc1OC. The van der Waals surface area contributed by atoms with Crippen molar-refractivity contribution in [2.24, 2.45) is 11.8 Å². The number of nitrogens with zero attached hydrogens (tertiary/aromatic N) is 3. The van der Waals surface area contributed by atoms with Crippen molar-refractivity contribution in [1.82, 2.24) is 14.4 Å². The van der Waals surface area contributed by atoms with Gasteiger partial charge in [-0.25, -0.2) is 8.42 Å². The summed E-state index contributed by atoms with van der Waals surface area (Å²) in [7, 11) is -2.05. The third kappa shape index (κ3) is 4.71. The Morgan fingerprint density at radius 3 is 2.54 bits per heavy atom. The van der Waals surface area contributed by atoms with E-state index in [9.17, 15) is 8.42 Å². The number of rotatable bonds is 7. The van der Waals surface area contributed by atoms with Gasteiger partial charge >= 0.3 is 0 Å². The average Bonchev–Trinajstić information content (AvgIpc) is 3.48. The van der Waals surface area contributed by atoms with Crippen LogP contribution in [0.1, 0.15) is 32.8 Å². The van der Waals surface area contributed by atoms with Crippen LogP contribution in [0.4, 0.5) is 0 Å². The van der Waals surface area contributed by atoms with Crippen LogP contribution >= 0.6 is 0 Å². The molecule has 0 amide bonds. The number of hydrogen-bond acceptors (Lipinski definition) is 8. The highest BCUT2D eigenvalue weighted by Crippen LogP contribution is 2.37. The first-order valence-corrected chi connectivity index (χ1v) is 13.8. The van der Waals surface area contributed by atoms with Gasteiger partial charge in [-0.05, 0) is 68.5 Å². The number of hydrogen-bond donors (Lipinski definition) is 0. The molecule has 0 N–H and O–H groups in total. The zero-order chi connectivity index (χ0) is 26.3. The maximum absolute atomic E-state index is 13.4. The van der Waals surface area contributed by atoms with Crippen LogP contribution in [0.15, 0.2) is 50.2 Å². The summed E-state index contributed by atoms with van der Waals surface area (Å²) >= 11 is 0. The Balaban J connectivity index is 1.47. The highest BCUT2D eigenvalue weighted by atomic mass is 32.2. The lowest BCUT2D eigenvalue weighted by Crippen LogP contribution is -2.42. The van der Waals surface area contributed by atoms with Crippen LogP contribution in [0.5, 0.6) is 11.5 Å². The van der Waals surface area contributed by atoms with Gasteiger partial charge in [0.1, 0.15) is 5.58 Å². The topological polar surface area (TPSA) is 108 Å². The Hall–Kier alpha value is -3.37. The van der Waals surface area contributed by atoms with Gasteiger partial charge in [0.25, 0.3) is 5.89 Å². The van der Waals surface area contributed by atoms with Gasteiger partial charge in [-0.2, -0.15) is 9.29 Å². The molecular weight excluding hydrogens is 494 g/mol. The number of benzene rings is 2. The van der Waals surface area contributed by atoms with E-state index in [0.29, 0.717) is 71.1 Å². The summed E-state index contributed by atoms with van der Waals surface area (Å²) in [5.41, 5.74) is 1.98. The van der Waals surface area contributed by atoms with Crippen molar-refractivity contribution in [2.45, 2.75) is 39.0 Å². The van der Waals surface area contributed by atoms with Gasteiger partial charge in [-0.15, -0.1) is 0 Å². The molecule has 0 saturated carbocycles. The van der Waals surface area contributed by atoms with Crippen molar-refractivity contribution in [3.63, 3.8) is 0 Å². The maximum atomic E-state index is 13.4. The first-order chi connectivity index (χ1) is 17.7. The molecule has 37 heavy (non-hydrogen) atoms. The second-order valence-electron chi connectivity index (χ2n) is 9.70. The van der Waals surface area contributed by atoms with E-state index in [2.05, 4.69) is 24.0 Å². The number of fused-ring (bicyclic) bond motifs is 1. The number of aryl methyl sites for hydroxylation is 1. The monoisotopic (exact) mass is 525 g/mol. The highest BCUT2D eigenvalue weighted by Gasteiger charge is 2.32. The van der Waals surface area contributed by atoms with E-state index in [4.69, 9.17) is 18.4 Å². The van der Waals surface area contributed by atoms with Crippen LogP contribution in [0.25, 0.3) is 34.0 Å². The Kier molecular flexibility index (Phi) is 6.72. The molecule has 0 spiro atoms. The number of furan rings is 1. The minimum Gasteiger partial charge on any atom is -0.493 e. The van der Waals surface area contributed by atoms with Crippen LogP contribution < -0.4 is 9.47 Å². The predicted octanol–water partition coefficient (Wildman–Crippen LogP) is 5.53. The summed E-state index contributed by atoms with van der Waals surface area (Å²) in [6, 6.07) is 10.4. The van der Waals surface area contributed by atoms with E-state index in [-0.39, 0.29) is 10.8 Å². The molecule has 0 radical (unpaired) electrons. The van der Waals surface area contributed by atoms with Crippen molar-refractivity contribution in [3.05, 3.63) is 42.0 Å². The molecule has 2 atom stereocenters. The molecule has 1 saturated heterocycles. The number of sulfonamides is 1. The van der Waals surface area contributed by atoms with Crippen LogP contribution in [-0.2, 0) is 10.0 Å². The van der Waals surface area contributed by atoms with E-state index in [0.717, 1.165) is 12.0 Å². The molecule has 5 rings (SSSR count). The zero-order valence-electron chi connectivity index (χ0n) is 21.6. The molecule has 9 nitrogen and oxygen atoms in total. The highest BCUT2D eigenvalue weighted by molar-refractivity contribution is 7.89. The molecule has 1 fully saturated rings. The van der Waals surface area contributed by atoms with Crippen molar-refractivity contribution >= 4 is 21.0 Å². The number of methoxy groups -OCH3 is 1. The van der Waals surface area contributed by atoms with E-state index in [1.54, 1.807) is 41.7 Å². The van der Waals surface area contributed by atoms with Gasteiger partial charge in [0.15, 0.2) is 17.3 Å². The Bertz CT molecular complexity index is 1530. The molecule has 196 valence electrons. The van der Waals surface area contributed by atoms with Crippen LogP contribution in [0.3, 0.4) is 0 Å². The molecule has 10 heteroatoms. The molecular formula is C27H31N3O6S. The largest absolute Gasteiger partial charge is 0.493 e. The lowest BCUT2D eigenvalue weighted by atomic mass is 9.94. The molecule has 1 aliphatic heterocycles. The smallest absolute Gasteiger partial charge is 0.294 e. The van der Waals surface area contributed by atoms with Gasteiger partial charge in [-0.3, -0.25) is 0 Å². The van der Waals surface area contributed by atoms with E-state index in [1.807, 2.05) is 19.9 Å². The van der Waals surface area contributed by atoms with Crippen molar-refractivity contribution in [2.75, 3.05) is 26.8 Å². The van der Waals surface area contributed by atoms with Crippen molar-refractivity contribution in [3.8, 4) is 34.5 Å². The van der Waals surface area contributed by atoms with E-state index < -0.39 is 10.0 Å². The predicted molar refractivity (Wildman–Crippen MR) is 139 cm³/mol. The summed E-state index contributed by atoms with van der Waals surface area (Å²) in [6.45, 7) is 9.52. The third-order valence-corrected chi connectivity index (χ3v) is 8.55. The Morgan fingerprint density at radius 2 is 1.84 bits per heavy atom. The first kappa shape index (κ1) is 25.3. The fourth-order valence-electron chi connectivity index (χ4n) is 5.03. The fourth-order valence-corrected chi connectivity index (χ4v) is 6.74. The average molecular weight is 526 g/mol. The zero-order valence-corrected chi connectivity index (χ0v) is 22.5. The second kappa shape index (κ2) is 9.83. The van der Waals surface area contributed by atoms with Crippen LogP contribution in [-0.4, -0.2) is 49.7 Å². The van der Waals surface area contributed by atoms with E-state index >= 15 is 0 Å². The quantitative estimate of drug-likeness (QED) is 0.310. The van der Waals surface area contributed by atoms with Gasteiger partial charge < -0.3 is 18.4 Å². The van der Waals surface area contributed by atoms with E-state index in [1.165, 1.54) is 0 Å². The third-order valence-electron chi connectivity index (χ3n) is 6.72. The normalized spacial score (nSPS) is 18.8. The lowest BCUT2D eigenvalue weighted by Gasteiger charge is -2.34. The van der Waals surface area contributed by atoms with Crippen molar-refractivity contribution in [1.29, 1.82) is 0 Å². The number of piperidine rings is 1. The number of aromatic nitrogens is 2. The summed E-state index contributed by atoms with van der Waals surface area (Å²) in [6.07, 6.45) is 1.03. The van der Waals surface area contributed by atoms with Gasteiger partial charge in [0.2, 0.25) is 15.8 Å². The summed E-state index contributed by atoms with van der Waals surface area (Å²) in [4.78, 5) is 4.78. The molecule has 4 aromatic rings. The minimum atomic E-state index is -3.62. The lowest BCUT2D eigenvalue weighted by molar-refractivity contribution is 0.222. The molecule has 1 aliphatic rings. The molecule has 2 aromatic carbocycles. The fraction of sp³-hybridized carbons (Fsp3) is 0.407. The Labute approximate surface area is 216 Å². The second-order valence-corrected chi connectivity index (χ2v) is 11.6. The van der Waals surface area contributed by atoms with Crippen molar-refractivity contribution < 1.29 is 26.8 Å². The maximum Gasteiger partial charge on any atom is 0.294 e. The van der Waals surface area contributed by atoms with Crippen LogP contribution in [0.2, 0.25) is 0 Å². The Morgan fingerprint density at radius 1 is 1.08 bits per heavy atom. The minimum absolute atomic E-state index is 0.208. The van der Waals surface area contributed by atoms with Crippen LogP contribution in [0, 0.1) is 18.8 Å². The standard InChI is InChI=1S/C27H31N3O6S/c1-6-34-23-9-7-19(12-24(23)33-5)26-28-27(36-29-26)25-18(4)21-13-20(8-10-22(21)35-25)37(31,32)30-14-16(2)11-17(3)15-30/h7-10,12-13,16-17H,6,11,14-15H2,1-5H3. The summed E-state index contributed by atoms with van der Waals surface area (Å²) in [5.74, 6) is 2.83. The summed E-state index contributed by atoms with van der Waals surface area (Å²) in [5, 5.41) is 4.80. The summed E-state index contributed by atoms with van der Waals surface area (Å²) < 4.78 is 51.0. The molecule has 2 aromatic heterocycles. The first-order valence-electron chi connectivity index (χ1n) is 12.4. The molecule has 3 heterocycles. The molecule has 2 unspecified atom stereocenters. The molecule has 0 bridgehead atoms. The van der Waals surface area contributed by atoms with Gasteiger partial charge in [0, 0.05) is 29.6 Å². The molecule has 0 aliphatic carbocycles. The van der Waals surface area contributed by atoms with Gasteiger partial charge in [0.05, 0.1) is 18.6 Å². The number of ether oxygens (including phenoxy) is 2. The van der Waals surface area contributed by atoms with Gasteiger partial charge in [-0.1, -0.05) is 19.0 Å².